The Morgan fingerprint density at radius 1 is 1.38 bits per heavy atom. The summed E-state index contributed by atoms with van der Waals surface area (Å²) in [5.41, 5.74) is -0.200. The average Bonchev–Trinajstić information content (AvgIpc) is 2.27. The summed E-state index contributed by atoms with van der Waals surface area (Å²) in [6.45, 7) is 5.15. The SMILES string of the molecule is CC(C)(C)OC(=O)Nc1ccc(Cl)cc1C(O)CC(=O)O. The zero-order chi connectivity index (χ0) is 16.2. The van der Waals surface area contributed by atoms with Gasteiger partial charge in [0.15, 0.2) is 0 Å². The number of hydrogen-bond acceptors (Lipinski definition) is 4. The first-order valence-electron chi connectivity index (χ1n) is 6.28. The van der Waals surface area contributed by atoms with E-state index < -0.39 is 30.2 Å². The molecule has 0 bridgehead atoms. The van der Waals surface area contributed by atoms with Crippen LogP contribution in [0, 0.1) is 0 Å². The number of halogens is 1. The Morgan fingerprint density at radius 2 is 2.00 bits per heavy atom. The second-order valence-corrected chi connectivity index (χ2v) is 5.91. The number of carboxylic acid groups (broad SMARTS) is 1. The molecule has 0 fully saturated rings. The molecule has 6 nitrogen and oxygen atoms in total. The maximum absolute atomic E-state index is 11.7. The van der Waals surface area contributed by atoms with Gasteiger partial charge in [-0.25, -0.2) is 4.79 Å². The second kappa shape index (κ2) is 6.78. The van der Waals surface area contributed by atoms with Gasteiger partial charge in [-0.05, 0) is 39.0 Å². The van der Waals surface area contributed by atoms with E-state index in [1.54, 1.807) is 20.8 Å². The van der Waals surface area contributed by atoms with Crippen molar-refractivity contribution in [3.8, 4) is 0 Å². The summed E-state index contributed by atoms with van der Waals surface area (Å²) in [5, 5.41) is 21.4. The van der Waals surface area contributed by atoms with Crippen LogP contribution in [0.1, 0.15) is 38.9 Å². The van der Waals surface area contributed by atoms with Crippen LogP contribution in [0.15, 0.2) is 18.2 Å². The Hall–Kier alpha value is -1.79. The third kappa shape index (κ3) is 6.01. The molecule has 3 N–H and O–H groups in total. The Morgan fingerprint density at radius 3 is 2.52 bits per heavy atom. The minimum absolute atomic E-state index is 0.218. The maximum Gasteiger partial charge on any atom is 0.412 e. The number of carboxylic acids is 1. The lowest BCUT2D eigenvalue weighted by atomic mass is 10.0. The molecule has 1 unspecified atom stereocenters. The van der Waals surface area contributed by atoms with Crippen LogP contribution in [0.5, 0.6) is 0 Å². The predicted molar refractivity (Wildman–Crippen MR) is 78.5 cm³/mol. The predicted octanol–water partition coefficient (Wildman–Crippen LogP) is 3.20. The fourth-order valence-corrected chi connectivity index (χ4v) is 1.79. The lowest BCUT2D eigenvalue weighted by Crippen LogP contribution is -2.27. The van der Waals surface area contributed by atoms with Gasteiger partial charge in [-0.3, -0.25) is 10.1 Å². The van der Waals surface area contributed by atoms with Gasteiger partial charge >= 0.3 is 12.1 Å². The lowest BCUT2D eigenvalue weighted by molar-refractivity contribution is -0.139. The molecule has 0 aliphatic heterocycles. The van der Waals surface area contributed by atoms with Gasteiger partial charge in [-0.15, -0.1) is 0 Å². The summed E-state index contributed by atoms with van der Waals surface area (Å²) in [6.07, 6.45) is -2.48. The van der Waals surface area contributed by atoms with Gasteiger partial charge in [0, 0.05) is 16.3 Å². The number of benzene rings is 1. The summed E-state index contributed by atoms with van der Waals surface area (Å²) in [4.78, 5) is 22.4. The molecule has 1 amide bonds. The molecule has 21 heavy (non-hydrogen) atoms. The summed E-state index contributed by atoms with van der Waals surface area (Å²) in [5.74, 6) is -1.16. The smallest absolute Gasteiger partial charge is 0.412 e. The number of carbonyl (C=O) groups is 2. The largest absolute Gasteiger partial charge is 0.481 e. The van der Waals surface area contributed by atoms with Crippen LogP contribution in [-0.4, -0.2) is 27.9 Å². The average molecular weight is 316 g/mol. The standard InChI is InChI=1S/C14H18ClNO5/c1-14(2,3)21-13(20)16-10-5-4-8(15)6-9(10)11(17)7-12(18)19/h4-6,11,17H,7H2,1-3H3,(H,16,20)(H,18,19). The number of aliphatic hydroxyl groups excluding tert-OH is 1. The lowest BCUT2D eigenvalue weighted by Gasteiger charge is -2.21. The van der Waals surface area contributed by atoms with E-state index in [1.165, 1.54) is 18.2 Å². The quantitative estimate of drug-likeness (QED) is 0.793. The molecule has 0 aliphatic carbocycles. The van der Waals surface area contributed by atoms with Gasteiger partial charge in [-0.1, -0.05) is 11.6 Å². The van der Waals surface area contributed by atoms with E-state index in [0.29, 0.717) is 5.02 Å². The number of aliphatic carboxylic acids is 1. The molecule has 0 aromatic heterocycles. The van der Waals surface area contributed by atoms with E-state index >= 15 is 0 Å². The van der Waals surface area contributed by atoms with Crippen molar-refractivity contribution >= 4 is 29.4 Å². The fraction of sp³-hybridized carbons (Fsp3) is 0.429. The van der Waals surface area contributed by atoms with Crippen molar-refractivity contribution in [3.05, 3.63) is 28.8 Å². The molecule has 0 radical (unpaired) electrons. The third-order valence-corrected chi connectivity index (χ3v) is 2.61. The first kappa shape index (κ1) is 17.3. The zero-order valence-electron chi connectivity index (χ0n) is 12.0. The normalized spacial score (nSPS) is 12.6. The van der Waals surface area contributed by atoms with E-state index in [2.05, 4.69) is 5.32 Å². The molecule has 1 aromatic rings. The number of aliphatic hydroxyl groups is 1. The minimum Gasteiger partial charge on any atom is -0.481 e. The van der Waals surface area contributed by atoms with Crippen molar-refractivity contribution in [1.29, 1.82) is 0 Å². The van der Waals surface area contributed by atoms with Crippen molar-refractivity contribution in [1.82, 2.24) is 0 Å². The van der Waals surface area contributed by atoms with E-state index in [1.807, 2.05) is 0 Å². The highest BCUT2D eigenvalue weighted by Gasteiger charge is 2.20. The molecule has 0 aliphatic rings. The summed E-state index contributed by atoms with van der Waals surface area (Å²) in [7, 11) is 0. The van der Waals surface area contributed by atoms with Gasteiger partial charge in [0.2, 0.25) is 0 Å². The monoisotopic (exact) mass is 315 g/mol. The molecule has 1 aromatic carbocycles. The Kier molecular flexibility index (Phi) is 5.57. The van der Waals surface area contributed by atoms with Crippen LogP contribution in [0.2, 0.25) is 5.02 Å². The Labute approximate surface area is 127 Å². The molecule has 116 valence electrons. The molecule has 1 rings (SSSR count). The first-order chi connectivity index (χ1) is 9.58. The molecule has 0 heterocycles. The van der Waals surface area contributed by atoms with Gasteiger partial charge in [0.25, 0.3) is 0 Å². The van der Waals surface area contributed by atoms with E-state index in [-0.39, 0.29) is 11.3 Å². The first-order valence-corrected chi connectivity index (χ1v) is 6.65. The van der Waals surface area contributed by atoms with Gasteiger partial charge in [0.05, 0.1) is 12.5 Å². The number of carbonyl (C=O) groups excluding carboxylic acids is 1. The number of anilines is 1. The van der Waals surface area contributed by atoms with Gasteiger partial charge in [-0.2, -0.15) is 0 Å². The van der Waals surface area contributed by atoms with Crippen LogP contribution in [-0.2, 0) is 9.53 Å². The second-order valence-electron chi connectivity index (χ2n) is 5.47. The number of rotatable bonds is 4. The van der Waals surface area contributed by atoms with E-state index in [9.17, 15) is 14.7 Å². The molecule has 0 saturated heterocycles. The zero-order valence-corrected chi connectivity index (χ0v) is 12.8. The van der Waals surface area contributed by atoms with Crippen LogP contribution >= 0.6 is 11.6 Å². The van der Waals surface area contributed by atoms with E-state index in [0.717, 1.165) is 0 Å². The third-order valence-electron chi connectivity index (χ3n) is 2.38. The van der Waals surface area contributed by atoms with Crippen molar-refractivity contribution in [3.63, 3.8) is 0 Å². The molecule has 1 atom stereocenters. The Balaban J connectivity index is 2.96. The Bertz CT molecular complexity index is 539. The minimum atomic E-state index is -1.29. The molecular formula is C14H18ClNO5. The topological polar surface area (TPSA) is 95.9 Å². The number of hydrogen-bond donors (Lipinski definition) is 3. The molecule has 7 heteroatoms. The van der Waals surface area contributed by atoms with Crippen LogP contribution in [0.3, 0.4) is 0 Å². The van der Waals surface area contributed by atoms with Gasteiger partial charge in [0.1, 0.15) is 5.60 Å². The highest BCUT2D eigenvalue weighted by Crippen LogP contribution is 2.29. The van der Waals surface area contributed by atoms with Gasteiger partial charge < -0.3 is 14.9 Å². The van der Waals surface area contributed by atoms with Crippen molar-refractivity contribution < 1.29 is 24.5 Å². The molecule has 0 saturated carbocycles. The number of nitrogens with one attached hydrogen (secondary N) is 1. The summed E-state index contributed by atoms with van der Waals surface area (Å²) >= 11 is 5.84. The number of amides is 1. The van der Waals surface area contributed by atoms with E-state index in [4.69, 9.17) is 21.4 Å². The van der Waals surface area contributed by atoms with Crippen LogP contribution < -0.4 is 5.32 Å². The fourth-order valence-electron chi connectivity index (χ4n) is 1.61. The van der Waals surface area contributed by atoms with Crippen molar-refractivity contribution in [2.24, 2.45) is 0 Å². The number of ether oxygens (including phenoxy) is 1. The summed E-state index contributed by atoms with van der Waals surface area (Å²) < 4.78 is 5.11. The maximum atomic E-state index is 11.7. The van der Waals surface area contributed by atoms with Crippen molar-refractivity contribution in [2.45, 2.75) is 38.9 Å². The highest BCUT2D eigenvalue weighted by molar-refractivity contribution is 6.30. The van der Waals surface area contributed by atoms with Crippen LogP contribution in [0.25, 0.3) is 0 Å². The molecule has 0 spiro atoms. The van der Waals surface area contributed by atoms with Crippen molar-refractivity contribution in [2.75, 3.05) is 5.32 Å². The molecular weight excluding hydrogens is 298 g/mol. The van der Waals surface area contributed by atoms with Crippen LogP contribution in [0.4, 0.5) is 10.5 Å². The summed E-state index contributed by atoms with van der Waals surface area (Å²) in [6, 6.07) is 4.40. The highest BCUT2D eigenvalue weighted by atomic mass is 35.5.